The number of nitrogens with zero attached hydrogens (tertiary/aromatic N) is 1. The minimum absolute atomic E-state index is 0.120. The summed E-state index contributed by atoms with van der Waals surface area (Å²) in [7, 11) is 1.63. The molecule has 20 heavy (non-hydrogen) atoms. The summed E-state index contributed by atoms with van der Waals surface area (Å²) in [6.45, 7) is 0.692. The maximum atomic E-state index is 12.5. The first-order valence-electron chi connectivity index (χ1n) is 6.43. The van der Waals surface area contributed by atoms with E-state index in [1.807, 2.05) is 18.2 Å². The van der Waals surface area contributed by atoms with Gasteiger partial charge in [0.25, 0.3) is 5.91 Å². The molecule has 0 atom stereocenters. The Kier molecular flexibility index (Phi) is 3.53. The third-order valence-electron chi connectivity index (χ3n) is 3.44. The first kappa shape index (κ1) is 13.2. The second-order valence-corrected chi connectivity index (χ2v) is 5.44. The number of halogens is 1. The number of fused-ring (bicyclic) bond motifs is 1. The average Bonchev–Trinajstić information content (AvgIpc) is 2.92. The van der Waals surface area contributed by atoms with Gasteiger partial charge in [-0.1, -0.05) is 6.07 Å². The first-order chi connectivity index (χ1) is 9.69. The van der Waals surface area contributed by atoms with Crippen molar-refractivity contribution in [1.82, 2.24) is 0 Å². The van der Waals surface area contributed by atoms with Gasteiger partial charge in [-0.05, 0) is 52.5 Å². The molecular formula is C15H14BrNO3. The molecule has 0 saturated heterocycles. The highest BCUT2D eigenvalue weighted by Gasteiger charge is 2.26. The van der Waals surface area contributed by atoms with Crippen molar-refractivity contribution in [3.63, 3.8) is 0 Å². The highest BCUT2D eigenvalue weighted by Crippen LogP contribution is 2.32. The van der Waals surface area contributed by atoms with E-state index in [0.717, 1.165) is 29.8 Å². The molecule has 2 aromatic rings. The molecule has 4 nitrogen and oxygen atoms in total. The Bertz CT molecular complexity index is 650. The van der Waals surface area contributed by atoms with Gasteiger partial charge in [-0.25, -0.2) is 0 Å². The molecule has 2 heterocycles. The van der Waals surface area contributed by atoms with Crippen LogP contribution in [0.25, 0.3) is 0 Å². The Labute approximate surface area is 125 Å². The quantitative estimate of drug-likeness (QED) is 0.841. The molecule has 0 N–H and O–H groups in total. The van der Waals surface area contributed by atoms with E-state index in [1.165, 1.54) is 0 Å². The van der Waals surface area contributed by atoms with Crippen LogP contribution in [0.15, 0.2) is 39.4 Å². The summed E-state index contributed by atoms with van der Waals surface area (Å²) in [5, 5.41) is 0. The highest BCUT2D eigenvalue weighted by atomic mass is 79.9. The van der Waals surface area contributed by atoms with Crippen LogP contribution in [-0.4, -0.2) is 19.6 Å². The number of carbonyl (C=O) groups is 1. The van der Waals surface area contributed by atoms with Crippen LogP contribution in [-0.2, 0) is 6.42 Å². The van der Waals surface area contributed by atoms with Crippen molar-refractivity contribution in [3.8, 4) is 5.75 Å². The Morgan fingerprint density at radius 2 is 2.20 bits per heavy atom. The molecule has 1 amide bonds. The minimum Gasteiger partial charge on any atom is -0.497 e. The maximum absolute atomic E-state index is 12.5. The van der Waals surface area contributed by atoms with Gasteiger partial charge in [-0.3, -0.25) is 4.79 Å². The highest BCUT2D eigenvalue weighted by molar-refractivity contribution is 9.10. The van der Waals surface area contributed by atoms with Gasteiger partial charge >= 0.3 is 0 Å². The summed E-state index contributed by atoms with van der Waals surface area (Å²) in [5.74, 6) is 0.974. The van der Waals surface area contributed by atoms with Crippen LogP contribution in [0.2, 0.25) is 0 Å². The summed E-state index contributed by atoms with van der Waals surface area (Å²) in [5.41, 5.74) is 2.07. The van der Waals surface area contributed by atoms with E-state index in [9.17, 15) is 4.79 Å². The predicted octanol–water partition coefficient (Wildman–Crippen LogP) is 3.64. The fourth-order valence-corrected chi connectivity index (χ4v) is 2.76. The van der Waals surface area contributed by atoms with Crippen LogP contribution in [0.4, 0.5) is 5.69 Å². The lowest BCUT2D eigenvalue weighted by Crippen LogP contribution is -2.35. The molecule has 0 bridgehead atoms. The van der Waals surface area contributed by atoms with Crippen molar-refractivity contribution < 1.29 is 13.9 Å². The standard InChI is InChI=1S/C15H14BrNO3/c1-19-11-5-4-10-3-2-8-17(12(10)9-11)15(18)13-6-7-14(16)20-13/h4-7,9H,2-3,8H2,1H3. The fourth-order valence-electron chi connectivity index (χ4n) is 2.45. The van der Waals surface area contributed by atoms with Crippen molar-refractivity contribution in [1.29, 1.82) is 0 Å². The van der Waals surface area contributed by atoms with E-state index in [2.05, 4.69) is 15.9 Å². The lowest BCUT2D eigenvalue weighted by molar-refractivity contribution is 0.0957. The SMILES string of the molecule is COc1ccc2c(c1)N(C(=O)c1ccc(Br)o1)CCC2. The molecule has 0 saturated carbocycles. The van der Waals surface area contributed by atoms with E-state index in [0.29, 0.717) is 17.0 Å². The zero-order valence-corrected chi connectivity index (χ0v) is 12.6. The number of hydrogen-bond acceptors (Lipinski definition) is 3. The largest absolute Gasteiger partial charge is 0.497 e. The molecule has 0 fully saturated rings. The number of benzene rings is 1. The maximum Gasteiger partial charge on any atom is 0.294 e. The van der Waals surface area contributed by atoms with Gasteiger partial charge in [0.2, 0.25) is 0 Å². The number of ether oxygens (including phenoxy) is 1. The monoisotopic (exact) mass is 335 g/mol. The van der Waals surface area contributed by atoms with Crippen LogP contribution in [0, 0.1) is 0 Å². The number of aryl methyl sites for hydroxylation is 1. The number of anilines is 1. The Hall–Kier alpha value is -1.75. The Balaban J connectivity index is 1.98. The second-order valence-electron chi connectivity index (χ2n) is 4.66. The van der Waals surface area contributed by atoms with Gasteiger partial charge in [0.05, 0.1) is 12.8 Å². The minimum atomic E-state index is -0.120. The lowest BCUT2D eigenvalue weighted by Gasteiger charge is -2.29. The second kappa shape index (κ2) is 5.32. The van der Waals surface area contributed by atoms with Gasteiger partial charge in [0.1, 0.15) is 5.75 Å². The van der Waals surface area contributed by atoms with E-state index >= 15 is 0 Å². The van der Waals surface area contributed by atoms with Gasteiger partial charge in [0.15, 0.2) is 10.4 Å². The molecule has 0 unspecified atom stereocenters. The summed E-state index contributed by atoms with van der Waals surface area (Å²) >= 11 is 3.22. The normalized spacial score (nSPS) is 14.0. The van der Waals surface area contributed by atoms with Crippen LogP contribution in [0.1, 0.15) is 22.5 Å². The topological polar surface area (TPSA) is 42.7 Å². The number of amides is 1. The predicted molar refractivity (Wildman–Crippen MR) is 79.4 cm³/mol. The Morgan fingerprint density at radius 3 is 2.90 bits per heavy atom. The molecule has 104 valence electrons. The summed E-state index contributed by atoms with van der Waals surface area (Å²) in [6.07, 6.45) is 1.93. The third kappa shape index (κ3) is 2.33. The van der Waals surface area contributed by atoms with E-state index < -0.39 is 0 Å². The van der Waals surface area contributed by atoms with Crippen molar-refractivity contribution in [2.45, 2.75) is 12.8 Å². The van der Waals surface area contributed by atoms with Gasteiger partial charge in [-0.2, -0.15) is 0 Å². The average molecular weight is 336 g/mol. The number of hydrogen-bond donors (Lipinski definition) is 0. The van der Waals surface area contributed by atoms with Crippen molar-refractivity contribution in [2.24, 2.45) is 0 Å². The number of rotatable bonds is 2. The molecular weight excluding hydrogens is 322 g/mol. The molecule has 0 radical (unpaired) electrons. The molecule has 3 rings (SSSR count). The zero-order chi connectivity index (χ0) is 14.1. The summed E-state index contributed by atoms with van der Waals surface area (Å²) < 4.78 is 11.2. The van der Waals surface area contributed by atoms with E-state index in [4.69, 9.17) is 9.15 Å². The van der Waals surface area contributed by atoms with Crippen LogP contribution in [0.5, 0.6) is 5.75 Å². The van der Waals surface area contributed by atoms with E-state index in [-0.39, 0.29) is 5.91 Å². The van der Waals surface area contributed by atoms with E-state index in [1.54, 1.807) is 24.1 Å². The third-order valence-corrected chi connectivity index (χ3v) is 3.87. The fraction of sp³-hybridized carbons (Fsp3) is 0.267. The molecule has 1 aliphatic rings. The Morgan fingerprint density at radius 1 is 1.35 bits per heavy atom. The zero-order valence-electron chi connectivity index (χ0n) is 11.1. The molecule has 1 aromatic heterocycles. The van der Waals surface area contributed by atoms with Crippen molar-refractivity contribution in [2.75, 3.05) is 18.6 Å². The molecule has 5 heteroatoms. The van der Waals surface area contributed by atoms with Gasteiger partial charge in [-0.15, -0.1) is 0 Å². The number of carbonyl (C=O) groups excluding carboxylic acids is 1. The smallest absolute Gasteiger partial charge is 0.294 e. The number of furan rings is 1. The summed E-state index contributed by atoms with van der Waals surface area (Å²) in [6, 6.07) is 9.26. The van der Waals surface area contributed by atoms with Crippen LogP contribution >= 0.6 is 15.9 Å². The van der Waals surface area contributed by atoms with Crippen LogP contribution in [0.3, 0.4) is 0 Å². The van der Waals surface area contributed by atoms with Crippen LogP contribution < -0.4 is 9.64 Å². The molecule has 1 aromatic carbocycles. The molecule has 0 aliphatic carbocycles. The van der Waals surface area contributed by atoms with Crippen molar-refractivity contribution >= 4 is 27.5 Å². The molecule has 1 aliphatic heterocycles. The van der Waals surface area contributed by atoms with Crippen molar-refractivity contribution in [3.05, 3.63) is 46.3 Å². The molecule has 0 spiro atoms. The first-order valence-corrected chi connectivity index (χ1v) is 7.22. The number of methoxy groups -OCH3 is 1. The summed E-state index contributed by atoms with van der Waals surface area (Å²) in [4.78, 5) is 14.3. The van der Waals surface area contributed by atoms with Gasteiger partial charge < -0.3 is 14.1 Å². The lowest BCUT2D eigenvalue weighted by atomic mass is 10.0. The van der Waals surface area contributed by atoms with Gasteiger partial charge in [0, 0.05) is 12.6 Å².